The SMILES string of the molecule is O=C(c1ccc2ccccc2n1)c1ccc2cc3ccccc3cc2n1. The minimum atomic E-state index is -0.161. The number of benzene rings is 3. The number of hydrogen-bond donors (Lipinski definition) is 0. The molecule has 0 atom stereocenters. The summed E-state index contributed by atoms with van der Waals surface area (Å²) in [5.41, 5.74) is 2.45. The molecule has 0 fully saturated rings. The van der Waals surface area contributed by atoms with Crippen molar-refractivity contribution >= 4 is 38.4 Å². The fourth-order valence-electron chi connectivity index (χ4n) is 3.26. The molecule has 0 amide bonds. The fourth-order valence-corrected chi connectivity index (χ4v) is 3.26. The van der Waals surface area contributed by atoms with Gasteiger partial charge in [0, 0.05) is 10.8 Å². The third-order valence-corrected chi connectivity index (χ3v) is 4.62. The summed E-state index contributed by atoms with van der Waals surface area (Å²) in [7, 11) is 0. The minimum Gasteiger partial charge on any atom is -0.285 e. The van der Waals surface area contributed by atoms with E-state index in [1.54, 1.807) is 12.1 Å². The molecular weight excluding hydrogens is 320 g/mol. The largest absolute Gasteiger partial charge is 0.285 e. The Bertz CT molecular complexity index is 1310. The van der Waals surface area contributed by atoms with Gasteiger partial charge in [0.15, 0.2) is 0 Å². The van der Waals surface area contributed by atoms with Gasteiger partial charge in [0.1, 0.15) is 11.4 Å². The second kappa shape index (κ2) is 5.74. The van der Waals surface area contributed by atoms with Crippen molar-refractivity contribution in [2.24, 2.45) is 0 Å². The first kappa shape index (κ1) is 14.7. The lowest BCUT2D eigenvalue weighted by molar-refractivity contribution is 0.103. The van der Waals surface area contributed by atoms with Gasteiger partial charge in [-0.3, -0.25) is 4.79 Å². The van der Waals surface area contributed by atoms with E-state index >= 15 is 0 Å². The first-order valence-electron chi connectivity index (χ1n) is 8.48. The molecule has 5 aromatic rings. The molecule has 0 aliphatic carbocycles. The standard InChI is InChI=1S/C23H14N2O/c26-23(20-11-9-15-5-3-4-8-19(15)24-20)21-12-10-18-13-16-6-1-2-7-17(16)14-22(18)25-21/h1-14H. The third kappa shape index (κ3) is 2.42. The molecule has 2 aromatic heterocycles. The van der Waals surface area contributed by atoms with E-state index in [-0.39, 0.29) is 5.78 Å². The van der Waals surface area contributed by atoms with Crippen LogP contribution in [0, 0.1) is 0 Å². The second-order valence-electron chi connectivity index (χ2n) is 6.31. The molecule has 0 unspecified atom stereocenters. The summed E-state index contributed by atoms with van der Waals surface area (Å²) in [5.74, 6) is -0.161. The fraction of sp³-hybridized carbons (Fsp3) is 0. The van der Waals surface area contributed by atoms with Crippen molar-refractivity contribution < 1.29 is 4.79 Å². The van der Waals surface area contributed by atoms with Crippen molar-refractivity contribution in [2.45, 2.75) is 0 Å². The normalized spacial score (nSPS) is 11.2. The molecule has 3 nitrogen and oxygen atoms in total. The number of pyridine rings is 2. The minimum absolute atomic E-state index is 0.161. The predicted octanol–water partition coefficient (Wildman–Crippen LogP) is 5.17. The van der Waals surface area contributed by atoms with Crippen LogP contribution in [0.1, 0.15) is 16.2 Å². The zero-order valence-corrected chi connectivity index (χ0v) is 13.9. The molecule has 0 radical (unpaired) electrons. The van der Waals surface area contributed by atoms with Crippen LogP contribution in [-0.2, 0) is 0 Å². The number of para-hydroxylation sites is 1. The summed E-state index contributed by atoms with van der Waals surface area (Å²) in [4.78, 5) is 22.0. The Morgan fingerprint density at radius 1 is 0.538 bits per heavy atom. The first-order chi connectivity index (χ1) is 12.8. The average Bonchev–Trinajstić information content (AvgIpc) is 2.71. The quantitative estimate of drug-likeness (QED) is 0.330. The van der Waals surface area contributed by atoms with Crippen LogP contribution in [0.4, 0.5) is 0 Å². The van der Waals surface area contributed by atoms with E-state index < -0.39 is 0 Å². The van der Waals surface area contributed by atoms with Gasteiger partial charge in [-0.15, -0.1) is 0 Å². The van der Waals surface area contributed by atoms with E-state index in [0.717, 1.165) is 32.6 Å². The summed E-state index contributed by atoms with van der Waals surface area (Å²) in [5, 5.41) is 4.31. The molecule has 0 aliphatic rings. The van der Waals surface area contributed by atoms with Gasteiger partial charge in [-0.05, 0) is 41.1 Å². The molecule has 2 heterocycles. The van der Waals surface area contributed by atoms with Gasteiger partial charge in [0.2, 0.25) is 5.78 Å². The van der Waals surface area contributed by atoms with E-state index in [1.165, 1.54) is 0 Å². The highest BCUT2D eigenvalue weighted by Crippen LogP contribution is 2.22. The van der Waals surface area contributed by atoms with Crippen LogP contribution in [0.3, 0.4) is 0 Å². The topological polar surface area (TPSA) is 42.9 Å². The summed E-state index contributed by atoms with van der Waals surface area (Å²) in [6.45, 7) is 0. The van der Waals surface area contributed by atoms with Crippen molar-refractivity contribution in [1.29, 1.82) is 0 Å². The molecule has 5 rings (SSSR count). The molecule has 26 heavy (non-hydrogen) atoms. The van der Waals surface area contributed by atoms with Gasteiger partial charge in [-0.2, -0.15) is 0 Å². The van der Waals surface area contributed by atoms with Crippen molar-refractivity contribution in [3.05, 3.63) is 96.3 Å². The molecule has 0 spiro atoms. The van der Waals surface area contributed by atoms with E-state index in [4.69, 9.17) is 0 Å². The molecule has 3 heteroatoms. The average molecular weight is 334 g/mol. The van der Waals surface area contributed by atoms with Crippen LogP contribution >= 0.6 is 0 Å². The molecule has 0 N–H and O–H groups in total. The Balaban J connectivity index is 1.62. The summed E-state index contributed by atoms with van der Waals surface area (Å²) in [6, 6.07) is 27.4. The summed E-state index contributed by atoms with van der Waals surface area (Å²) >= 11 is 0. The molecule has 0 saturated carbocycles. The Hall–Kier alpha value is -3.59. The van der Waals surface area contributed by atoms with Crippen LogP contribution in [0.5, 0.6) is 0 Å². The maximum atomic E-state index is 12.9. The maximum Gasteiger partial charge on any atom is 0.229 e. The number of rotatable bonds is 2. The monoisotopic (exact) mass is 334 g/mol. The highest BCUT2D eigenvalue weighted by molar-refractivity contribution is 6.08. The number of fused-ring (bicyclic) bond motifs is 3. The van der Waals surface area contributed by atoms with E-state index in [1.807, 2.05) is 54.6 Å². The highest BCUT2D eigenvalue weighted by Gasteiger charge is 2.13. The molecular formula is C23H14N2O. The van der Waals surface area contributed by atoms with E-state index in [9.17, 15) is 4.79 Å². The second-order valence-corrected chi connectivity index (χ2v) is 6.31. The highest BCUT2D eigenvalue weighted by atomic mass is 16.1. The Morgan fingerprint density at radius 3 is 1.88 bits per heavy atom. The molecule has 0 aliphatic heterocycles. The Labute approximate surface area is 149 Å². The van der Waals surface area contributed by atoms with E-state index in [0.29, 0.717) is 11.4 Å². The number of carbonyl (C=O) groups excluding carboxylic acids is 1. The Kier molecular flexibility index (Phi) is 3.25. The zero-order valence-electron chi connectivity index (χ0n) is 13.9. The number of ketones is 1. The van der Waals surface area contributed by atoms with Gasteiger partial charge in [0.05, 0.1) is 11.0 Å². The molecule has 0 saturated heterocycles. The third-order valence-electron chi connectivity index (χ3n) is 4.62. The first-order valence-corrected chi connectivity index (χ1v) is 8.48. The molecule has 122 valence electrons. The van der Waals surface area contributed by atoms with Gasteiger partial charge in [0.25, 0.3) is 0 Å². The van der Waals surface area contributed by atoms with Crippen molar-refractivity contribution in [3.63, 3.8) is 0 Å². The molecule has 0 bridgehead atoms. The van der Waals surface area contributed by atoms with Gasteiger partial charge < -0.3 is 0 Å². The van der Waals surface area contributed by atoms with Crippen molar-refractivity contribution in [1.82, 2.24) is 9.97 Å². The number of hydrogen-bond acceptors (Lipinski definition) is 3. The smallest absolute Gasteiger partial charge is 0.229 e. The van der Waals surface area contributed by atoms with Gasteiger partial charge in [-0.1, -0.05) is 54.6 Å². The van der Waals surface area contributed by atoms with Gasteiger partial charge in [-0.25, -0.2) is 9.97 Å². The number of aromatic nitrogens is 2. The van der Waals surface area contributed by atoms with Crippen LogP contribution in [-0.4, -0.2) is 15.8 Å². The summed E-state index contributed by atoms with van der Waals surface area (Å²) in [6.07, 6.45) is 0. The Morgan fingerprint density at radius 2 is 1.12 bits per heavy atom. The molecule has 3 aromatic carbocycles. The van der Waals surface area contributed by atoms with Gasteiger partial charge >= 0.3 is 0 Å². The van der Waals surface area contributed by atoms with Crippen molar-refractivity contribution in [3.8, 4) is 0 Å². The lowest BCUT2D eigenvalue weighted by atomic mass is 10.1. The number of nitrogens with zero attached hydrogens (tertiary/aromatic N) is 2. The zero-order chi connectivity index (χ0) is 17.5. The number of carbonyl (C=O) groups is 1. The van der Waals surface area contributed by atoms with Crippen LogP contribution < -0.4 is 0 Å². The van der Waals surface area contributed by atoms with Crippen LogP contribution in [0.2, 0.25) is 0 Å². The van der Waals surface area contributed by atoms with Crippen LogP contribution in [0.15, 0.2) is 84.9 Å². The predicted molar refractivity (Wildman–Crippen MR) is 104 cm³/mol. The maximum absolute atomic E-state index is 12.9. The lowest BCUT2D eigenvalue weighted by Crippen LogP contribution is -2.06. The van der Waals surface area contributed by atoms with Crippen molar-refractivity contribution in [2.75, 3.05) is 0 Å². The van der Waals surface area contributed by atoms with E-state index in [2.05, 4.69) is 28.2 Å². The van der Waals surface area contributed by atoms with Crippen LogP contribution in [0.25, 0.3) is 32.6 Å². The summed E-state index contributed by atoms with van der Waals surface area (Å²) < 4.78 is 0. The lowest BCUT2D eigenvalue weighted by Gasteiger charge is -2.05.